The van der Waals surface area contributed by atoms with Gasteiger partial charge in [-0.05, 0) is 46.5 Å². The summed E-state index contributed by atoms with van der Waals surface area (Å²) in [5.41, 5.74) is 7.84. The molecule has 2 rings (SSSR count). The van der Waals surface area contributed by atoms with Gasteiger partial charge in [-0.2, -0.15) is 0 Å². The number of nitrogen functional groups attached to an aromatic ring is 1. The third-order valence-corrected chi connectivity index (χ3v) is 3.70. The third kappa shape index (κ3) is 2.95. The molecule has 1 aliphatic rings. The van der Waals surface area contributed by atoms with E-state index in [0.29, 0.717) is 0 Å². The highest BCUT2D eigenvalue weighted by molar-refractivity contribution is 9.10. The van der Waals surface area contributed by atoms with Crippen molar-refractivity contribution in [2.24, 2.45) is 0 Å². The van der Waals surface area contributed by atoms with E-state index < -0.39 is 0 Å². The summed E-state index contributed by atoms with van der Waals surface area (Å²) in [6.45, 7) is 0.948. The highest BCUT2D eigenvalue weighted by Gasteiger charge is 2.13. The van der Waals surface area contributed by atoms with E-state index in [1.807, 2.05) is 6.07 Å². The molecule has 0 atom stereocenters. The van der Waals surface area contributed by atoms with Gasteiger partial charge in [0.05, 0.1) is 0 Å². The van der Waals surface area contributed by atoms with Crippen LogP contribution < -0.4 is 11.1 Å². The van der Waals surface area contributed by atoms with Gasteiger partial charge in [-0.3, -0.25) is 0 Å². The minimum absolute atomic E-state index is 0.723. The second kappa shape index (κ2) is 4.99. The van der Waals surface area contributed by atoms with Gasteiger partial charge < -0.3 is 11.1 Å². The van der Waals surface area contributed by atoms with E-state index in [9.17, 15) is 0 Å². The van der Waals surface area contributed by atoms with E-state index in [0.717, 1.165) is 22.7 Å². The molecule has 1 fully saturated rings. The molecule has 0 bridgehead atoms. The summed E-state index contributed by atoms with van der Waals surface area (Å²) < 4.78 is 0.994. The lowest BCUT2D eigenvalue weighted by molar-refractivity contribution is 0.524. The topological polar surface area (TPSA) is 38.0 Å². The maximum atomic E-state index is 5.74. The minimum Gasteiger partial charge on any atom is -0.398 e. The average Bonchev–Trinajstić information content (AvgIpc) is 2.73. The standard InChI is InChI=1S/C12H17BrN2/c13-11-7-9(5-6-12(11)14)8-15-10-3-1-2-4-10/h5-7,10,15H,1-4,8,14H2. The van der Waals surface area contributed by atoms with Gasteiger partial charge in [0.25, 0.3) is 0 Å². The summed E-state index contributed by atoms with van der Waals surface area (Å²) in [6.07, 6.45) is 5.42. The number of halogens is 1. The molecule has 1 aromatic carbocycles. The molecular formula is C12H17BrN2. The Hall–Kier alpha value is -0.540. The van der Waals surface area contributed by atoms with Crippen LogP contribution in [-0.4, -0.2) is 6.04 Å². The lowest BCUT2D eigenvalue weighted by Crippen LogP contribution is -2.25. The van der Waals surface area contributed by atoms with Crippen LogP contribution in [0.15, 0.2) is 22.7 Å². The summed E-state index contributed by atoms with van der Waals surface area (Å²) in [5, 5.41) is 3.58. The Labute approximate surface area is 99.4 Å². The molecule has 82 valence electrons. The molecule has 0 radical (unpaired) electrons. The molecule has 2 nitrogen and oxygen atoms in total. The Balaban J connectivity index is 1.90. The summed E-state index contributed by atoms with van der Waals surface area (Å²) in [5.74, 6) is 0. The summed E-state index contributed by atoms with van der Waals surface area (Å²) >= 11 is 3.45. The van der Waals surface area contributed by atoms with E-state index in [1.165, 1.54) is 31.2 Å². The SMILES string of the molecule is Nc1ccc(CNC2CCCC2)cc1Br. The Bertz CT molecular complexity index is 332. The van der Waals surface area contributed by atoms with Crippen molar-refractivity contribution in [2.45, 2.75) is 38.3 Å². The second-order valence-corrected chi connectivity index (χ2v) is 5.07. The Morgan fingerprint density at radius 2 is 2.07 bits per heavy atom. The van der Waals surface area contributed by atoms with Crippen molar-refractivity contribution >= 4 is 21.6 Å². The molecule has 1 aromatic rings. The van der Waals surface area contributed by atoms with E-state index >= 15 is 0 Å². The first-order valence-electron chi connectivity index (χ1n) is 5.53. The van der Waals surface area contributed by atoms with E-state index in [4.69, 9.17) is 5.73 Å². The molecule has 1 saturated carbocycles. The van der Waals surface area contributed by atoms with E-state index in [-0.39, 0.29) is 0 Å². The first-order valence-corrected chi connectivity index (χ1v) is 6.32. The molecule has 0 unspecified atom stereocenters. The fourth-order valence-electron chi connectivity index (χ4n) is 2.07. The Kier molecular flexibility index (Phi) is 3.65. The number of rotatable bonds is 3. The molecule has 3 heteroatoms. The molecular weight excluding hydrogens is 252 g/mol. The van der Waals surface area contributed by atoms with Crippen LogP contribution in [0.3, 0.4) is 0 Å². The quantitative estimate of drug-likeness (QED) is 0.828. The normalized spacial score (nSPS) is 17.1. The molecule has 0 aromatic heterocycles. The Morgan fingerprint density at radius 1 is 1.33 bits per heavy atom. The van der Waals surface area contributed by atoms with Crippen molar-refractivity contribution in [1.29, 1.82) is 0 Å². The smallest absolute Gasteiger partial charge is 0.0458 e. The maximum Gasteiger partial charge on any atom is 0.0458 e. The highest BCUT2D eigenvalue weighted by Crippen LogP contribution is 2.21. The van der Waals surface area contributed by atoms with Gasteiger partial charge in [-0.25, -0.2) is 0 Å². The highest BCUT2D eigenvalue weighted by atomic mass is 79.9. The number of nitrogens with two attached hydrogens (primary N) is 1. The molecule has 0 spiro atoms. The van der Waals surface area contributed by atoms with Crippen molar-refractivity contribution in [3.05, 3.63) is 28.2 Å². The minimum atomic E-state index is 0.723. The lowest BCUT2D eigenvalue weighted by Gasteiger charge is -2.12. The first kappa shape index (κ1) is 11.0. The molecule has 1 aliphatic carbocycles. The zero-order valence-electron chi connectivity index (χ0n) is 8.80. The predicted octanol–water partition coefficient (Wildman–Crippen LogP) is 3.06. The molecule has 0 saturated heterocycles. The summed E-state index contributed by atoms with van der Waals surface area (Å²) in [7, 11) is 0. The summed E-state index contributed by atoms with van der Waals surface area (Å²) in [4.78, 5) is 0. The van der Waals surface area contributed by atoms with Gasteiger partial charge in [-0.15, -0.1) is 0 Å². The molecule has 15 heavy (non-hydrogen) atoms. The number of hydrogen-bond acceptors (Lipinski definition) is 2. The van der Waals surface area contributed by atoms with Crippen LogP contribution in [0.5, 0.6) is 0 Å². The van der Waals surface area contributed by atoms with Crippen molar-refractivity contribution in [2.75, 3.05) is 5.73 Å². The fourth-order valence-corrected chi connectivity index (χ4v) is 2.50. The predicted molar refractivity (Wildman–Crippen MR) is 67.7 cm³/mol. The van der Waals surface area contributed by atoms with Crippen LogP contribution in [0.4, 0.5) is 5.69 Å². The van der Waals surface area contributed by atoms with E-state index in [1.54, 1.807) is 0 Å². The lowest BCUT2D eigenvalue weighted by atomic mass is 10.2. The van der Waals surface area contributed by atoms with Crippen molar-refractivity contribution in [3.8, 4) is 0 Å². The number of hydrogen-bond donors (Lipinski definition) is 2. The van der Waals surface area contributed by atoms with Crippen LogP contribution in [0.2, 0.25) is 0 Å². The zero-order chi connectivity index (χ0) is 10.7. The third-order valence-electron chi connectivity index (χ3n) is 3.01. The van der Waals surface area contributed by atoms with Crippen molar-refractivity contribution in [3.63, 3.8) is 0 Å². The van der Waals surface area contributed by atoms with Gasteiger partial charge in [-0.1, -0.05) is 18.9 Å². The van der Waals surface area contributed by atoms with Gasteiger partial charge in [0.1, 0.15) is 0 Å². The van der Waals surface area contributed by atoms with Crippen LogP contribution in [0.25, 0.3) is 0 Å². The van der Waals surface area contributed by atoms with Crippen molar-refractivity contribution < 1.29 is 0 Å². The Morgan fingerprint density at radius 3 is 2.73 bits per heavy atom. The van der Waals surface area contributed by atoms with Crippen LogP contribution in [0, 0.1) is 0 Å². The van der Waals surface area contributed by atoms with Gasteiger partial charge in [0, 0.05) is 22.7 Å². The molecule has 3 N–H and O–H groups in total. The number of benzene rings is 1. The number of nitrogens with one attached hydrogen (secondary N) is 1. The zero-order valence-corrected chi connectivity index (χ0v) is 10.4. The largest absolute Gasteiger partial charge is 0.398 e. The first-order chi connectivity index (χ1) is 7.25. The van der Waals surface area contributed by atoms with Crippen LogP contribution in [0.1, 0.15) is 31.2 Å². The van der Waals surface area contributed by atoms with Crippen molar-refractivity contribution in [1.82, 2.24) is 5.32 Å². The summed E-state index contributed by atoms with van der Waals surface area (Å²) in [6, 6.07) is 6.86. The van der Waals surface area contributed by atoms with Gasteiger partial charge in [0.15, 0.2) is 0 Å². The maximum absolute atomic E-state index is 5.74. The van der Waals surface area contributed by atoms with Gasteiger partial charge in [0.2, 0.25) is 0 Å². The van der Waals surface area contributed by atoms with E-state index in [2.05, 4.69) is 33.4 Å². The monoisotopic (exact) mass is 268 g/mol. The van der Waals surface area contributed by atoms with Gasteiger partial charge >= 0.3 is 0 Å². The average molecular weight is 269 g/mol. The molecule has 0 heterocycles. The molecule has 0 amide bonds. The fraction of sp³-hybridized carbons (Fsp3) is 0.500. The van der Waals surface area contributed by atoms with Crippen LogP contribution in [-0.2, 0) is 6.54 Å². The second-order valence-electron chi connectivity index (χ2n) is 4.22. The van der Waals surface area contributed by atoms with Crippen LogP contribution >= 0.6 is 15.9 Å². The molecule has 0 aliphatic heterocycles. The number of anilines is 1.